The zero-order valence-corrected chi connectivity index (χ0v) is 27.2. The fourth-order valence-electron chi connectivity index (χ4n) is 7.62. The number of carbonyl (C=O) groups is 3. The van der Waals surface area contributed by atoms with Crippen LogP contribution in [0.1, 0.15) is 62.7 Å². The number of hydrogen-bond donors (Lipinski definition) is 3. The summed E-state index contributed by atoms with van der Waals surface area (Å²) in [7, 11) is 1.47. The van der Waals surface area contributed by atoms with Gasteiger partial charge in [0.2, 0.25) is 5.91 Å². The normalized spacial score (nSPS) is 30.9. The standard InChI is InChI=1S/C32H43IN2O8/c1-32(2)21-7-6-19(22(32)15-21)16-35(31(40)25-5-4-10-42-25)24-13-20(30(39)34-8-9-36)14-26(28(24)38)43-29-23(33)11-18(17-37)12-27(29)41-3/h11-12,14,17,19,21-22,24-26,28,36,38H,4-10,13,15-16H2,1-3H3,(H,34,39)/t19-,21-,22-,24+,25?,26-,28-/m0/s1. The molecule has 1 unspecified atom stereocenters. The van der Waals surface area contributed by atoms with Crippen LogP contribution in [0, 0.1) is 26.7 Å². The molecule has 11 heteroatoms. The van der Waals surface area contributed by atoms with Crippen molar-refractivity contribution >= 4 is 40.7 Å². The lowest BCUT2D eigenvalue weighted by atomic mass is 9.45. The molecule has 236 valence electrons. The minimum absolute atomic E-state index is 0.0758. The summed E-state index contributed by atoms with van der Waals surface area (Å²) in [6, 6.07) is 2.47. The third-order valence-electron chi connectivity index (χ3n) is 10.2. The fourth-order valence-corrected chi connectivity index (χ4v) is 8.37. The monoisotopic (exact) mass is 710 g/mol. The number of hydrogen-bond acceptors (Lipinski definition) is 8. The Kier molecular flexibility index (Phi) is 10.0. The van der Waals surface area contributed by atoms with E-state index in [1.54, 1.807) is 23.1 Å². The van der Waals surface area contributed by atoms with Crippen molar-refractivity contribution in [3.63, 3.8) is 0 Å². The first-order valence-electron chi connectivity index (χ1n) is 15.3. The van der Waals surface area contributed by atoms with Gasteiger partial charge in [-0.25, -0.2) is 0 Å². The van der Waals surface area contributed by atoms with Crippen LogP contribution in [-0.4, -0.2) is 91.0 Å². The van der Waals surface area contributed by atoms with Crippen LogP contribution in [0.15, 0.2) is 23.8 Å². The molecule has 2 bridgehead atoms. The zero-order chi connectivity index (χ0) is 30.9. The number of methoxy groups -OCH3 is 1. The maximum atomic E-state index is 14.1. The molecular formula is C32H43IN2O8. The van der Waals surface area contributed by atoms with E-state index in [9.17, 15) is 24.6 Å². The van der Waals surface area contributed by atoms with Crippen molar-refractivity contribution in [1.82, 2.24) is 10.2 Å². The molecule has 6 rings (SSSR count). The summed E-state index contributed by atoms with van der Waals surface area (Å²) in [4.78, 5) is 40.6. The van der Waals surface area contributed by atoms with Gasteiger partial charge in [0.15, 0.2) is 11.5 Å². The molecule has 2 amide bonds. The molecule has 0 radical (unpaired) electrons. The highest BCUT2D eigenvalue weighted by Gasteiger charge is 2.55. The highest BCUT2D eigenvalue weighted by molar-refractivity contribution is 14.1. The third-order valence-corrected chi connectivity index (χ3v) is 11.0. The SMILES string of the molecule is COc1cc(C=O)cc(I)c1O[C@H]1C=C(C(=O)NCCO)C[C@@H](N(C[C@@H]2CC[C@H]3C[C@@H]2C3(C)C)C(=O)C2CCCO2)[C@@H]1O. The number of rotatable bonds is 11. The predicted molar refractivity (Wildman–Crippen MR) is 167 cm³/mol. The van der Waals surface area contributed by atoms with Crippen LogP contribution in [0.5, 0.6) is 11.5 Å². The predicted octanol–water partition coefficient (Wildman–Crippen LogP) is 3.11. The summed E-state index contributed by atoms with van der Waals surface area (Å²) in [6.07, 6.45) is 4.44. The molecule has 1 aliphatic heterocycles. The van der Waals surface area contributed by atoms with E-state index in [1.807, 2.05) is 22.6 Å². The average Bonchev–Trinajstić information content (AvgIpc) is 3.55. The number of nitrogens with zero attached hydrogens (tertiary/aromatic N) is 1. The van der Waals surface area contributed by atoms with E-state index in [-0.39, 0.29) is 42.7 Å². The van der Waals surface area contributed by atoms with Gasteiger partial charge in [0, 0.05) is 37.3 Å². The van der Waals surface area contributed by atoms with Crippen LogP contribution >= 0.6 is 22.6 Å². The molecule has 0 aromatic heterocycles. The molecule has 10 nitrogen and oxygen atoms in total. The Labute approximate surface area is 266 Å². The van der Waals surface area contributed by atoms with Crippen LogP contribution in [0.2, 0.25) is 0 Å². The summed E-state index contributed by atoms with van der Waals surface area (Å²) in [6.45, 7) is 5.50. The van der Waals surface area contributed by atoms with Crippen molar-refractivity contribution in [1.29, 1.82) is 0 Å². The number of aldehydes is 1. The van der Waals surface area contributed by atoms with Crippen molar-refractivity contribution < 1.29 is 38.8 Å². The second kappa shape index (κ2) is 13.4. The van der Waals surface area contributed by atoms with Crippen LogP contribution in [0.3, 0.4) is 0 Å². The highest BCUT2D eigenvalue weighted by atomic mass is 127. The van der Waals surface area contributed by atoms with E-state index in [1.165, 1.54) is 7.11 Å². The Hall–Kier alpha value is -2.22. The van der Waals surface area contributed by atoms with E-state index in [0.717, 1.165) is 32.0 Å². The molecule has 4 aliphatic carbocycles. The van der Waals surface area contributed by atoms with Crippen LogP contribution in [0.4, 0.5) is 0 Å². The Bertz CT molecular complexity index is 1240. The van der Waals surface area contributed by atoms with Gasteiger partial charge in [-0.1, -0.05) is 13.8 Å². The van der Waals surface area contributed by atoms with E-state index < -0.39 is 24.4 Å². The van der Waals surface area contributed by atoms with Crippen LogP contribution in [-0.2, 0) is 14.3 Å². The number of nitrogens with one attached hydrogen (secondary N) is 1. The van der Waals surface area contributed by atoms with Gasteiger partial charge in [0.25, 0.3) is 5.91 Å². The maximum Gasteiger partial charge on any atom is 0.252 e. The lowest BCUT2D eigenvalue weighted by Gasteiger charge is -2.61. The molecule has 1 aromatic rings. The summed E-state index contributed by atoms with van der Waals surface area (Å²) < 4.78 is 18.3. The molecule has 1 saturated heterocycles. The van der Waals surface area contributed by atoms with Gasteiger partial charge in [-0.05, 0) is 96.1 Å². The van der Waals surface area contributed by atoms with Gasteiger partial charge in [-0.2, -0.15) is 0 Å². The molecule has 1 heterocycles. The number of fused-ring (bicyclic) bond motifs is 2. The number of carbonyl (C=O) groups excluding carboxylic acids is 3. The highest BCUT2D eigenvalue weighted by Crippen LogP contribution is 2.61. The lowest BCUT2D eigenvalue weighted by Crippen LogP contribution is -2.60. The van der Waals surface area contributed by atoms with Gasteiger partial charge >= 0.3 is 0 Å². The third kappa shape index (κ3) is 6.46. The topological polar surface area (TPSA) is 135 Å². The van der Waals surface area contributed by atoms with Gasteiger partial charge in [0.1, 0.15) is 24.6 Å². The number of benzene rings is 1. The number of ether oxygens (including phenoxy) is 3. The fraction of sp³-hybridized carbons (Fsp3) is 0.656. The van der Waals surface area contributed by atoms with E-state index in [4.69, 9.17) is 14.2 Å². The first-order chi connectivity index (χ1) is 20.6. The largest absolute Gasteiger partial charge is 0.493 e. The Morgan fingerprint density at radius 1 is 1.26 bits per heavy atom. The van der Waals surface area contributed by atoms with Crippen LogP contribution in [0.25, 0.3) is 0 Å². The maximum absolute atomic E-state index is 14.1. The summed E-state index contributed by atoms with van der Waals surface area (Å²) in [5.74, 6) is 1.59. The second-order valence-electron chi connectivity index (χ2n) is 12.9. The molecule has 43 heavy (non-hydrogen) atoms. The first-order valence-corrected chi connectivity index (χ1v) is 16.4. The summed E-state index contributed by atoms with van der Waals surface area (Å²) in [5, 5.41) is 23.9. The van der Waals surface area contributed by atoms with Gasteiger partial charge < -0.3 is 34.6 Å². The quantitative estimate of drug-likeness (QED) is 0.236. The van der Waals surface area contributed by atoms with Crippen molar-refractivity contribution in [2.24, 2.45) is 23.2 Å². The molecule has 5 aliphatic rings. The van der Waals surface area contributed by atoms with Crippen molar-refractivity contribution in [3.05, 3.63) is 32.9 Å². The van der Waals surface area contributed by atoms with E-state index in [2.05, 4.69) is 19.2 Å². The number of aliphatic hydroxyl groups excluding tert-OH is 2. The minimum Gasteiger partial charge on any atom is -0.493 e. The molecule has 4 fully saturated rings. The summed E-state index contributed by atoms with van der Waals surface area (Å²) in [5.41, 5.74) is 0.997. The van der Waals surface area contributed by atoms with Gasteiger partial charge in [0.05, 0.1) is 23.3 Å². The van der Waals surface area contributed by atoms with Crippen molar-refractivity contribution in [2.45, 2.75) is 76.7 Å². The second-order valence-corrected chi connectivity index (χ2v) is 14.0. The molecule has 3 saturated carbocycles. The smallest absolute Gasteiger partial charge is 0.252 e. The average molecular weight is 711 g/mol. The Morgan fingerprint density at radius 2 is 2.05 bits per heavy atom. The lowest BCUT2D eigenvalue weighted by molar-refractivity contribution is -0.156. The van der Waals surface area contributed by atoms with Crippen LogP contribution < -0.4 is 14.8 Å². The number of amides is 2. The zero-order valence-electron chi connectivity index (χ0n) is 25.1. The summed E-state index contributed by atoms with van der Waals surface area (Å²) >= 11 is 2.05. The minimum atomic E-state index is -1.16. The molecular weight excluding hydrogens is 667 g/mol. The molecule has 1 aromatic carbocycles. The van der Waals surface area contributed by atoms with Crippen molar-refractivity contribution in [2.75, 3.05) is 33.4 Å². The number of halogens is 1. The molecule has 7 atom stereocenters. The first kappa shape index (κ1) is 32.2. The van der Waals surface area contributed by atoms with Gasteiger partial charge in [-0.3, -0.25) is 14.4 Å². The van der Waals surface area contributed by atoms with E-state index >= 15 is 0 Å². The number of aliphatic hydroxyl groups is 2. The van der Waals surface area contributed by atoms with E-state index in [0.29, 0.717) is 57.6 Å². The molecule has 0 spiro atoms. The molecule has 3 N–H and O–H groups in total. The van der Waals surface area contributed by atoms with Gasteiger partial charge in [-0.15, -0.1) is 0 Å². The Balaban J connectivity index is 1.49. The van der Waals surface area contributed by atoms with Crippen molar-refractivity contribution in [3.8, 4) is 11.5 Å². The Morgan fingerprint density at radius 3 is 2.67 bits per heavy atom.